The molecular weight excluding hydrogens is 258 g/mol. The Kier molecular flexibility index (Phi) is 3.77. The lowest BCUT2D eigenvalue weighted by Crippen LogP contribution is -2.57. The Balaban J connectivity index is 5.32. The third-order valence-corrected chi connectivity index (χ3v) is 1.69. The molecule has 13 nitrogen and oxygen atoms in total. The normalized spacial score (nSPS) is 12.1. The van der Waals surface area contributed by atoms with Crippen molar-refractivity contribution in [3.8, 4) is 0 Å². The summed E-state index contributed by atoms with van der Waals surface area (Å²) in [5.41, 5.74) is 0. The average Bonchev–Trinajstić information content (AvgIpc) is 2.00. The lowest BCUT2D eigenvalue weighted by Gasteiger charge is -2.07. The van der Waals surface area contributed by atoms with Gasteiger partial charge in [0.1, 0.15) is 0 Å². The third-order valence-electron chi connectivity index (χ3n) is 1.28. The van der Waals surface area contributed by atoms with Crippen LogP contribution in [0.25, 0.3) is 0 Å². The second-order valence-electron chi connectivity index (χ2n) is 2.24. The molecule has 0 amide bonds. The van der Waals surface area contributed by atoms with Crippen molar-refractivity contribution in [2.75, 3.05) is 6.61 Å². The van der Waals surface area contributed by atoms with E-state index in [9.17, 15) is 38.8 Å². The van der Waals surface area contributed by atoms with E-state index in [0.29, 0.717) is 0 Å². The molecular formula is C2H3N3O10S. The number of nitrogens with zero attached hydrogens (tertiary/aromatic N) is 3. The molecule has 0 unspecified atom stereocenters. The summed E-state index contributed by atoms with van der Waals surface area (Å²) in [6, 6.07) is 0. The van der Waals surface area contributed by atoms with Gasteiger partial charge in [-0.25, -0.2) is 4.18 Å². The van der Waals surface area contributed by atoms with Crippen LogP contribution in [-0.4, -0.2) is 40.1 Å². The van der Waals surface area contributed by atoms with Gasteiger partial charge in [-0.3, -0.25) is 34.9 Å². The zero-order chi connectivity index (χ0) is 13.1. The van der Waals surface area contributed by atoms with Crippen LogP contribution in [0.4, 0.5) is 0 Å². The van der Waals surface area contributed by atoms with E-state index in [2.05, 4.69) is 4.18 Å². The highest BCUT2D eigenvalue weighted by atomic mass is 32.3. The Hall–Kier alpha value is -1.93. The van der Waals surface area contributed by atoms with Crippen molar-refractivity contribution in [1.29, 1.82) is 0 Å². The van der Waals surface area contributed by atoms with Crippen molar-refractivity contribution in [2.45, 2.75) is 5.79 Å². The first-order valence-electron chi connectivity index (χ1n) is 3.09. The van der Waals surface area contributed by atoms with E-state index < -0.39 is 37.6 Å². The van der Waals surface area contributed by atoms with Crippen LogP contribution in [0.1, 0.15) is 0 Å². The highest BCUT2D eigenvalue weighted by molar-refractivity contribution is 7.80. The fourth-order valence-corrected chi connectivity index (χ4v) is 0.819. The first-order chi connectivity index (χ1) is 7.04. The van der Waals surface area contributed by atoms with E-state index in [-0.39, 0.29) is 0 Å². The topological polar surface area (TPSA) is 193 Å². The average molecular weight is 261 g/mol. The Morgan fingerprint density at radius 1 is 1.06 bits per heavy atom. The maximum Gasteiger partial charge on any atom is 0.724 e. The standard InChI is InChI=1S/C2H3N3O10S/c6-3(7)2(4(8)9,5(10)11)1-15-16(12,13)14/h1H2,(H,12,13,14). The van der Waals surface area contributed by atoms with Gasteiger partial charge in [0, 0.05) is 0 Å². The molecule has 0 saturated carbocycles. The van der Waals surface area contributed by atoms with Gasteiger partial charge in [-0.15, -0.1) is 0 Å². The molecule has 0 radical (unpaired) electrons. The van der Waals surface area contributed by atoms with Crippen LogP contribution in [0.3, 0.4) is 0 Å². The zero-order valence-electron chi connectivity index (χ0n) is 7.08. The van der Waals surface area contributed by atoms with Gasteiger partial charge < -0.3 is 0 Å². The molecule has 0 atom stereocenters. The molecule has 0 aromatic carbocycles. The summed E-state index contributed by atoms with van der Waals surface area (Å²) < 4.78 is 31.3. The minimum absolute atomic E-state index is 1.95. The minimum Gasteiger partial charge on any atom is -0.264 e. The van der Waals surface area contributed by atoms with E-state index in [1.165, 1.54) is 0 Å². The molecule has 0 aromatic heterocycles. The first-order valence-corrected chi connectivity index (χ1v) is 4.46. The fraction of sp³-hybridized carbons (Fsp3) is 1.00. The highest BCUT2D eigenvalue weighted by Gasteiger charge is 2.71. The lowest BCUT2D eigenvalue weighted by molar-refractivity contribution is -0.969. The van der Waals surface area contributed by atoms with Crippen molar-refractivity contribution >= 4 is 10.4 Å². The quantitative estimate of drug-likeness (QED) is 0.249. The summed E-state index contributed by atoms with van der Waals surface area (Å²) >= 11 is 0. The molecule has 0 spiro atoms. The van der Waals surface area contributed by atoms with Crippen LogP contribution in [0.5, 0.6) is 0 Å². The van der Waals surface area contributed by atoms with Crippen LogP contribution in [0, 0.1) is 30.3 Å². The molecule has 1 N–H and O–H groups in total. The van der Waals surface area contributed by atoms with Crippen LogP contribution >= 0.6 is 0 Å². The predicted molar refractivity (Wildman–Crippen MR) is 41.2 cm³/mol. The van der Waals surface area contributed by atoms with Gasteiger partial charge in [-0.05, 0) is 0 Å². The second-order valence-corrected chi connectivity index (χ2v) is 3.33. The SMILES string of the molecule is O=[N+]([O-])C(COS(=O)(=O)O)([N+](=O)[O-])[N+](=O)[O-]. The molecule has 14 heteroatoms. The number of hydrogen-bond acceptors (Lipinski definition) is 9. The van der Waals surface area contributed by atoms with Gasteiger partial charge >= 0.3 is 16.2 Å². The van der Waals surface area contributed by atoms with Crippen LogP contribution in [0.15, 0.2) is 0 Å². The molecule has 0 aliphatic rings. The van der Waals surface area contributed by atoms with Crippen molar-refractivity contribution in [1.82, 2.24) is 0 Å². The van der Waals surface area contributed by atoms with Gasteiger partial charge in [-0.1, -0.05) is 0 Å². The lowest BCUT2D eigenvalue weighted by atomic mass is 10.4. The Morgan fingerprint density at radius 3 is 1.56 bits per heavy atom. The van der Waals surface area contributed by atoms with Gasteiger partial charge in [-0.2, -0.15) is 8.42 Å². The van der Waals surface area contributed by atoms with Crippen molar-refractivity contribution in [2.24, 2.45) is 0 Å². The van der Waals surface area contributed by atoms with Crippen LogP contribution < -0.4 is 0 Å². The summed E-state index contributed by atoms with van der Waals surface area (Å²) in [7, 11) is -5.27. The van der Waals surface area contributed by atoms with Gasteiger partial charge in [0.15, 0.2) is 14.8 Å². The summed E-state index contributed by atoms with van der Waals surface area (Å²) in [4.78, 5) is 24.7. The fourth-order valence-electron chi connectivity index (χ4n) is 0.512. The summed E-state index contributed by atoms with van der Waals surface area (Å²) in [6.45, 7) is -2.07. The van der Waals surface area contributed by atoms with Crippen molar-refractivity contribution < 1.29 is 31.9 Å². The minimum atomic E-state index is -5.27. The summed E-state index contributed by atoms with van der Waals surface area (Å²) in [6.07, 6.45) is 0. The summed E-state index contributed by atoms with van der Waals surface area (Å²) in [5, 5.41) is 30.6. The smallest absolute Gasteiger partial charge is 0.264 e. The van der Waals surface area contributed by atoms with Crippen LogP contribution in [0.2, 0.25) is 0 Å². The highest BCUT2D eigenvalue weighted by Crippen LogP contribution is 2.13. The summed E-state index contributed by atoms with van der Waals surface area (Å²) in [5.74, 6) is -4.09. The molecule has 0 fully saturated rings. The van der Waals surface area contributed by atoms with E-state index in [0.717, 1.165) is 0 Å². The van der Waals surface area contributed by atoms with Gasteiger partial charge in [0.05, 0.1) is 0 Å². The predicted octanol–water partition coefficient (Wildman–Crippen LogP) is -1.71. The first kappa shape index (κ1) is 14.1. The molecule has 0 aromatic rings. The molecule has 0 aliphatic heterocycles. The van der Waals surface area contributed by atoms with E-state index >= 15 is 0 Å². The molecule has 92 valence electrons. The molecule has 0 aliphatic carbocycles. The number of rotatable bonds is 6. The van der Waals surface area contributed by atoms with Crippen molar-refractivity contribution in [3.63, 3.8) is 0 Å². The largest absolute Gasteiger partial charge is 0.724 e. The van der Waals surface area contributed by atoms with E-state index in [1.54, 1.807) is 0 Å². The second kappa shape index (κ2) is 4.29. The maximum absolute atomic E-state index is 10.2. The molecule has 0 rings (SSSR count). The van der Waals surface area contributed by atoms with Crippen LogP contribution in [-0.2, 0) is 14.6 Å². The van der Waals surface area contributed by atoms with E-state index in [4.69, 9.17) is 4.55 Å². The van der Waals surface area contributed by atoms with Gasteiger partial charge in [0.25, 0.3) is 6.61 Å². The molecule has 0 saturated heterocycles. The monoisotopic (exact) mass is 261 g/mol. The Morgan fingerprint density at radius 2 is 1.38 bits per heavy atom. The Bertz CT molecular complexity index is 387. The van der Waals surface area contributed by atoms with E-state index in [1.807, 2.05) is 0 Å². The van der Waals surface area contributed by atoms with Crippen molar-refractivity contribution in [3.05, 3.63) is 30.3 Å². The molecule has 0 heterocycles. The third kappa shape index (κ3) is 2.78. The molecule has 16 heavy (non-hydrogen) atoms. The Labute approximate surface area is 86.0 Å². The molecule has 0 bridgehead atoms. The zero-order valence-corrected chi connectivity index (χ0v) is 7.89. The maximum atomic E-state index is 10.2. The number of nitro groups is 3. The van der Waals surface area contributed by atoms with Gasteiger partial charge in [0.2, 0.25) is 0 Å². The number of hydrogen-bond donors (Lipinski definition) is 1.